The van der Waals surface area contributed by atoms with Gasteiger partial charge in [-0.25, -0.2) is 4.79 Å². The summed E-state index contributed by atoms with van der Waals surface area (Å²) >= 11 is 0. The fraction of sp³-hybridized carbons (Fsp3) is 0.833. The van der Waals surface area contributed by atoms with E-state index in [1.807, 2.05) is 0 Å². The number of amides is 2. The van der Waals surface area contributed by atoms with Gasteiger partial charge in [-0.3, -0.25) is 4.79 Å². The first-order valence-corrected chi connectivity index (χ1v) is 6.20. The first-order chi connectivity index (χ1) is 7.91. The Bertz CT molecular complexity index is 283. The zero-order valence-corrected chi connectivity index (χ0v) is 10.8. The SMILES string of the molecule is CC(C)C1CCN(C(=O)N[C@H](C)C(=O)O)CC1. The average Bonchev–Trinajstić information content (AvgIpc) is 2.28. The molecule has 0 aromatic rings. The second-order valence-electron chi connectivity index (χ2n) is 5.08. The van der Waals surface area contributed by atoms with Gasteiger partial charge in [0.1, 0.15) is 6.04 Å². The molecule has 0 aromatic carbocycles. The summed E-state index contributed by atoms with van der Waals surface area (Å²) in [4.78, 5) is 24.1. The van der Waals surface area contributed by atoms with Gasteiger partial charge in [-0.15, -0.1) is 0 Å². The molecule has 1 aliphatic heterocycles. The van der Waals surface area contributed by atoms with Gasteiger partial charge in [-0.2, -0.15) is 0 Å². The summed E-state index contributed by atoms with van der Waals surface area (Å²) in [6.45, 7) is 7.32. The van der Waals surface area contributed by atoms with Crippen LogP contribution in [0.4, 0.5) is 4.79 Å². The van der Waals surface area contributed by atoms with Crippen LogP contribution in [-0.2, 0) is 4.79 Å². The Morgan fingerprint density at radius 1 is 1.24 bits per heavy atom. The van der Waals surface area contributed by atoms with E-state index in [0.29, 0.717) is 11.8 Å². The number of nitrogens with zero attached hydrogens (tertiary/aromatic N) is 1. The van der Waals surface area contributed by atoms with Gasteiger partial charge in [0.25, 0.3) is 0 Å². The maximum Gasteiger partial charge on any atom is 0.325 e. The number of carbonyl (C=O) groups is 2. The molecule has 0 unspecified atom stereocenters. The molecule has 0 saturated carbocycles. The fourth-order valence-electron chi connectivity index (χ4n) is 2.11. The van der Waals surface area contributed by atoms with Crippen LogP contribution in [0.15, 0.2) is 0 Å². The molecule has 1 fully saturated rings. The number of aliphatic carboxylic acids is 1. The van der Waals surface area contributed by atoms with Crippen molar-refractivity contribution in [3.63, 3.8) is 0 Å². The predicted molar refractivity (Wildman–Crippen MR) is 64.8 cm³/mol. The molecule has 2 amide bonds. The number of hydrogen-bond donors (Lipinski definition) is 2. The van der Waals surface area contributed by atoms with Crippen LogP contribution in [0.5, 0.6) is 0 Å². The Morgan fingerprint density at radius 3 is 2.18 bits per heavy atom. The smallest absolute Gasteiger partial charge is 0.325 e. The Balaban J connectivity index is 2.38. The average molecular weight is 242 g/mol. The van der Waals surface area contributed by atoms with E-state index in [4.69, 9.17) is 5.11 Å². The third kappa shape index (κ3) is 3.91. The Labute approximate surface area is 102 Å². The van der Waals surface area contributed by atoms with Crippen LogP contribution in [-0.4, -0.2) is 41.1 Å². The number of nitrogens with one attached hydrogen (secondary N) is 1. The largest absolute Gasteiger partial charge is 0.480 e. The lowest BCUT2D eigenvalue weighted by Crippen LogP contribution is -2.49. The molecule has 0 spiro atoms. The van der Waals surface area contributed by atoms with Crippen LogP contribution in [0.2, 0.25) is 0 Å². The van der Waals surface area contributed by atoms with Gasteiger partial charge < -0.3 is 15.3 Å². The minimum atomic E-state index is -1.00. The van der Waals surface area contributed by atoms with Gasteiger partial charge >= 0.3 is 12.0 Å². The van der Waals surface area contributed by atoms with E-state index in [1.165, 1.54) is 6.92 Å². The number of carboxylic acids is 1. The van der Waals surface area contributed by atoms with E-state index in [0.717, 1.165) is 25.9 Å². The lowest BCUT2D eigenvalue weighted by Gasteiger charge is -2.34. The van der Waals surface area contributed by atoms with Crippen molar-refractivity contribution in [3.05, 3.63) is 0 Å². The molecule has 17 heavy (non-hydrogen) atoms. The number of carboxylic acid groups (broad SMARTS) is 1. The third-order valence-corrected chi connectivity index (χ3v) is 3.48. The summed E-state index contributed by atoms with van der Waals surface area (Å²) in [6.07, 6.45) is 2.01. The topological polar surface area (TPSA) is 69.6 Å². The molecule has 1 atom stereocenters. The van der Waals surface area contributed by atoms with E-state index < -0.39 is 12.0 Å². The Kier molecular flexibility index (Phi) is 4.78. The molecule has 2 N–H and O–H groups in total. The first kappa shape index (κ1) is 13.8. The minimum absolute atomic E-state index is 0.262. The predicted octanol–water partition coefficient (Wildman–Crippen LogP) is 1.54. The molecule has 98 valence electrons. The Morgan fingerprint density at radius 2 is 1.76 bits per heavy atom. The van der Waals surface area contributed by atoms with E-state index in [-0.39, 0.29) is 6.03 Å². The molecule has 5 heteroatoms. The van der Waals surface area contributed by atoms with Crippen LogP contribution in [0, 0.1) is 11.8 Å². The third-order valence-electron chi connectivity index (χ3n) is 3.48. The fourth-order valence-corrected chi connectivity index (χ4v) is 2.11. The van der Waals surface area contributed by atoms with E-state index in [2.05, 4.69) is 19.2 Å². The Hall–Kier alpha value is -1.26. The lowest BCUT2D eigenvalue weighted by molar-refractivity contribution is -0.138. The van der Waals surface area contributed by atoms with Crippen molar-refractivity contribution < 1.29 is 14.7 Å². The lowest BCUT2D eigenvalue weighted by atomic mass is 9.87. The van der Waals surface area contributed by atoms with Crippen LogP contribution in [0.3, 0.4) is 0 Å². The van der Waals surface area contributed by atoms with Crippen molar-refractivity contribution >= 4 is 12.0 Å². The zero-order chi connectivity index (χ0) is 13.0. The monoisotopic (exact) mass is 242 g/mol. The maximum atomic E-state index is 11.7. The number of urea groups is 1. The van der Waals surface area contributed by atoms with Crippen molar-refractivity contribution in [3.8, 4) is 0 Å². The molecule has 1 saturated heterocycles. The molecule has 1 heterocycles. The molecular formula is C12H22N2O3. The molecule has 1 rings (SSSR count). The van der Waals surface area contributed by atoms with Gasteiger partial charge in [-0.05, 0) is 31.6 Å². The number of carbonyl (C=O) groups excluding carboxylic acids is 1. The van der Waals surface area contributed by atoms with Crippen LogP contribution in [0.1, 0.15) is 33.6 Å². The van der Waals surface area contributed by atoms with Gasteiger partial charge in [0, 0.05) is 13.1 Å². The van der Waals surface area contributed by atoms with Crippen molar-refractivity contribution in [2.75, 3.05) is 13.1 Å². The summed E-state index contributed by atoms with van der Waals surface area (Å²) in [6, 6.07) is -1.09. The van der Waals surface area contributed by atoms with Crippen molar-refractivity contribution in [2.45, 2.75) is 39.7 Å². The molecule has 1 aliphatic rings. The van der Waals surface area contributed by atoms with Gasteiger partial charge in [0.15, 0.2) is 0 Å². The molecule has 5 nitrogen and oxygen atoms in total. The zero-order valence-electron chi connectivity index (χ0n) is 10.8. The van der Waals surface area contributed by atoms with Crippen LogP contribution < -0.4 is 5.32 Å². The van der Waals surface area contributed by atoms with E-state index in [1.54, 1.807) is 4.90 Å². The highest BCUT2D eigenvalue weighted by Crippen LogP contribution is 2.24. The number of hydrogen-bond acceptors (Lipinski definition) is 2. The quantitative estimate of drug-likeness (QED) is 0.788. The molecule has 0 bridgehead atoms. The molecule has 0 aromatic heterocycles. The highest BCUT2D eigenvalue weighted by molar-refractivity contribution is 5.82. The number of likely N-dealkylation sites (tertiary alicyclic amines) is 1. The second kappa shape index (κ2) is 5.89. The van der Waals surface area contributed by atoms with Crippen LogP contribution >= 0.6 is 0 Å². The van der Waals surface area contributed by atoms with E-state index >= 15 is 0 Å². The van der Waals surface area contributed by atoms with Gasteiger partial charge in [-0.1, -0.05) is 13.8 Å². The van der Waals surface area contributed by atoms with Crippen LogP contribution in [0.25, 0.3) is 0 Å². The van der Waals surface area contributed by atoms with Crippen molar-refractivity contribution in [2.24, 2.45) is 11.8 Å². The van der Waals surface area contributed by atoms with Gasteiger partial charge in [0.2, 0.25) is 0 Å². The molecule has 0 aliphatic carbocycles. The summed E-state index contributed by atoms with van der Waals surface area (Å²) in [5, 5.41) is 11.2. The summed E-state index contributed by atoms with van der Waals surface area (Å²) in [5.41, 5.74) is 0. The molecular weight excluding hydrogens is 220 g/mol. The highest BCUT2D eigenvalue weighted by atomic mass is 16.4. The highest BCUT2D eigenvalue weighted by Gasteiger charge is 2.25. The summed E-state index contributed by atoms with van der Waals surface area (Å²) in [7, 11) is 0. The van der Waals surface area contributed by atoms with E-state index in [9.17, 15) is 9.59 Å². The minimum Gasteiger partial charge on any atom is -0.480 e. The summed E-state index contributed by atoms with van der Waals surface area (Å²) < 4.78 is 0. The van der Waals surface area contributed by atoms with Crippen molar-refractivity contribution in [1.82, 2.24) is 10.2 Å². The van der Waals surface area contributed by atoms with Crippen molar-refractivity contribution in [1.29, 1.82) is 0 Å². The molecule has 0 radical (unpaired) electrons. The maximum absolute atomic E-state index is 11.7. The number of rotatable bonds is 3. The summed E-state index contributed by atoms with van der Waals surface area (Å²) in [5.74, 6) is 0.324. The second-order valence-corrected chi connectivity index (χ2v) is 5.08. The normalized spacial score (nSPS) is 19.2. The van der Waals surface area contributed by atoms with Gasteiger partial charge in [0.05, 0.1) is 0 Å². The first-order valence-electron chi connectivity index (χ1n) is 6.20. The standard InChI is InChI=1S/C12H22N2O3/c1-8(2)10-4-6-14(7-5-10)12(17)13-9(3)11(15)16/h8-10H,4-7H2,1-3H3,(H,13,17)(H,15,16)/t9-/m1/s1. The number of piperidine rings is 1.